The van der Waals surface area contributed by atoms with Gasteiger partial charge in [-0.3, -0.25) is 4.57 Å². The third-order valence-corrected chi connectivity index (χ3v) is 6.04. The molecule has 0 aliphatic carbocycles. The number of nitrogen functional groups attached to an aromatic ring is 1. The van der Waals surface area contributed by atoms with E-state index in [-0.39, 0.29) is 35.9 Å². The number of alkyl carbamates (subject to hydrolysis) is 1. The zero-order chi connectivity index (χ0) is 26.6. The number of imidazole rings is 1. The Bertz CT molecular complexity index is 1080. The Morgan fingerprint density at radius 1 is 1.36 bits per heavy atom. The van der Waals surface area contributed by atoms with E-state index in [1.165, 1.54) is 32.0 Å². The Balaban J connectivity index is 1.66. The molecule has 3 heterocycles. The average Bonchev–Trinajstić information content (AvgIpc) is 3.32. The smallest absolute Gasteiger partial charge is 0.407 e. The summed E-state index contributed by atoms with van der Waals surface area (Å²) in [5, 5.41) is 24.1. The second-order valence-electron chi connectivity index (χ2n) is 8.36. The van der Waals surface area contributed by atoms with Crippen LogP contribution in [0.4, 0.5) is 10.7 Å². The lowest BCUT2D eigenvalue weighted by Crippen LogP contribution is -2.45. The summed E-state index contributed by atoms with van der Waals surface area (Å²) in [5.74, 6) is -0.584. The van der Waals surface area contributed by atoms with Crippen LogP contribution in [0.25, 0.3) is 11.2 Å². The van der Waals surface area contributed by atoms with Crippen molar-refractivity contribution < 1.29 is 42.9 Å². The van der Waals surface area contributed by atoms with Crippen molar-refractivity contribution in [2.75, 3.05) is 32.3 Å². The Morgan fingerprint density at radius 2 is 2.08 bits per heavy atom. The van der Waals surface area contributed by atoms with Crippen molar-refractivity contribution in [2.45, 2.75) is 57.0 Å². The van der Waals surface area contributed by atoms with Gasteiger partial charge in [0.25, 0.3) is 0 Å². The first-order valence-electron chi connectivity index (χ1n) is 10.9. The monoisotopic (exact) mass is 530 g/mol. The minimum absolute atomic E-state index is 0.00849. The molecule has 1 saturated heterocycles. The molecule has 5 N–H and O–H groups in total. The van der Waals surface area contributed by atoms with E-state index < -0.39 is 42.1 Å². The molecule has 0 saturated carbocycles. The Kier molecular flexibility index (Phi) is 8.78. The SMILES string of the molecule is COC(=O)NC(CSOC[C@H]1O[C@@H](n2cnc3c(OC)nc(N)nc32)[C@](C)(O)[C@@H]1O)C(=O)OC(C)C. The summed E-state index contributed by atoms with van der Waals surface area (Å²) in [6, 6.07) is -1.03. The van der Waals surface area contributed by atoms with Crippen LogP contribution in [0, 0.1) is 0 Å². The number of aromatic nitrogens is 4. The lowest BCUT2D eigenvalue weighted by molar-refractivity contribution is -0.149. The minimum Gasteiger partial charge on any atom is -0.479 e. The van der Waals surface area contributed by atoms with Gasteiger partial charge in [0.15, 0.2) is 17.4 Å². The topological polar surface area (TPSA) is 202 Å². The molecule has 3 rings (SSSR count). The number of aliphatic hydroxyl groups excluding tert-OH is 1. The van der Waals surface area contributed by atoms with Crippen LogP contribution in [0.5, 0.6) is 5.88 Å². The van der Waals surface area contributed by atoms with Crippen molar-refractivity contribution in [2.24, 2.45) is 0 Å². The Hall–Kier alpha value is -2.92. The van der Waals surface area contributed by atoms with Crippen molar-refractivity contribution in [1.82, 2.24) is 24.8 Å². The average molecular weight is 531 g/mol. The normalized spacial score (nSPS) is 24.6. The fourth-order valence-electron chi connectivity index (χ4n) is 3.51. The summed E-state index contributed by atoms with van der Waals surface area (Å²) in [7, 11) is 2.58. The molecule has 1 aliphatic rings. The van der Waals surface area contributed by atoms with E-state index in [1.54, 1.807) is 13.8 Å². The van der Waals surface area contributed by atoms with Gasteiger partial charge in [-0.1, -0.05) is 0 Å². The zero-order valence-electron chi connectivity index (χ0n) is 20.4. The number of esters is 1. The molecule has 0 radical (unpaired) electrons. The number of nitrogens with zero attached hydrogens (tertiary/aromatic N) is 4. The number of amides is 1. The van der Waals surface area contributed by atoms with Crippen molar-refractivity contribution in [3.63, 3.8) is 0 Å². The summed E-state index contributed by atoms with van der Waals surface area (Å²) < 4.78 is 27.7. The van der Waals surface area contributed by atoms with E-state index in [9.17, 15) is 19.8 Å². The number of hydrogen-bond acceptors (Lipinski definition) is 14. The van der Waals surface area contributed by atoms with E-state index in [0.717, 1.165) is 12.0 Å². The predicted molar refractivity (Wildman–Crippen MR) is 126 cm³/mol. The molecule has 36 heavy (non-hydrogen) atoms. The van der Waals surface area contributed by atoms with Gasteiger partial charge in [-0.2, -0.15) is 9.97 Å². The van der Waals surface area contributed by atoms with Crippen LogP contribution in [0.15, 0.2) is 6.33 Å². The number of hydrogen-bond donors (Lipinski definition) is 4. The van der Waals surface area contributed by atoms with E-state index in [2.05, 4.69) is 25.0 Å². The molecule has 0 spiro atoms. The van der Waals surface area contributed by atoms with Gasteiger partial charge in [0.2, 0.25) is 11.8 Å². The number of ether oxygens (including phenoxy) is 4. The fraction of sp³-hybridized carbons (Fsp3) is 0.650. The largest absolute Gasteiger partial charge is 0.479 e. The lowest BCUT2D eigenvalue weighted by atomic mass is 9.96. The van der Waals surface area contributed by atoms with Crippen molar-refractivity contribution in [3.8, 4) is 5.88 Å². The summed E-state index contributed by atoms with van der Waals surface area (Å²) in [4.78, 5) is 36.2. The van der Waals surface area contributed by atoms with E-state index in [1.807, 2.05) is 0 Å². The second-order valence-corrected chi connectivity index (χ2v) is 9.16. The van der Waals surface area contributed by atoms with Crippen LogP contribution in [0.1, 0.15) is 27.0 Å². The number of nitrogens with one attached hydrogen (secondary N) is 1. The van der Waals surface area contributed by atoms with Gasteiger partial charge < -0.3 is 44.4 Å². The van der Waals surface area contributed by atoms with Gasteiger partial charge in [-0.15, -0.1) is 0 Å². The van der Waals surface area contributed by atoms with Crippen LogP contribution in [0.3, 0.4) is 0 Å². The van der Waals surface area contributed by atoms with E-state index >= 15 is 0 Å². The lowest BCUT2D eigenvalue weighted by Gasteiger charge is -2.27. The summed E-state index contributed by atoms with van der Waals surface area (Å²) in [6.07, 6.45) is -3.21. The predicted octanol–water partition coefficient (Wildman–Crippen LogP) is -0.233. The number of carbonyl (C=O) groups is 2. The highest BCUT2D eigenvalue weighted by atomic mass is 32.2. The van der Waals surface area contributed by atoms with Gasteiger partial charge in [-0.25, -0.2) is 14.6 Å². The van der Waals surface area contributed by atoms with Crippen LogP contribution in [-0.4, -0.2) is 98.3 Å². The first-order valence-corrected chi connectivity index (χ1v) is 11.8. The standard InChI is InChI=1S/C20H30N6O9S/c1-9(2)34-16(28)10(23-19(29)32-5)7-36-33-6-11-13(27)20(3,30)17(35-11)26-8-22-12-14(26)24-18(21)25-15(12)31-4/h8-11,13,17,27,30H,6-7H2,1-5H3,(H,23,29)(H2,21,24,25)/t10?,11-,13-,17-,20-/m1/s1. The van der Waals surface area contributed by atoms with E-state index in [4.69, 9.17) is 24.1 Å². The highest BCUT2D eigenvalue weighted by Gasteiger charge is 2.53. The Labute approximate surface area is 210 Å². The first kappa shape index (κ1) is 27.7. The third-order valence-electron chi connectivity index (χ3n) is 5.27. The summed E-state index contributed by atoms with van der Waals surface area (Å²) in [6.45, 7) is 4.60. The first-order chi connectivity index (χ1) is 17.0. The van der Waals surface area contributed by atoms with Gasteiger partial charge in [0, 0.05) is 0 Å². The van der Waals surface area contributed by atoms with Gasteiger partial charge in [0.1, 0.15) is 23.9 Å². The quantitative estimate of drug-likeness (QED) is 0.178. The molecule has 1 fully saturated rings. The number of fused-ring (bicyclic) bond motifs is 1. The molecule has 2 aromatic rings. The highest BCUT2D eigenvalue weighted by Crippen LogP contribution is 2.40. The molecule has 16 heteroatoms. The van der Waals surface area contributed by atoms with Crippen molar-refractivity contribution in [1.29, 1.82) is 0 Å². The number of aliphatic hydroxyl groups is 2. The summed E-state index contributed by atoms with van der Waals surface area (Å²) in [5.41, 5.74) is 4.54. The Morgan fingerprint density at radius 3 is 2.72 bits per heavy atom. The molecule has 1 amide bonds. The minimum atomic E-state index is -1.75. The third kappa shape index (κ3) is 5.89. The maximum atomic E-state index is 12.2. The number of nitrogens with two attached hydrogens (primary N) is 1. The number of anilines is 1. The molecular formula is C20H30N6O9S. The maximum absolute atomic E-state index is 12.2. The molecule has 5 atom stereocenters. The fourth-order valence-corrected chi connectivity index (χ4v) is 4.20. The van der Waals surface area contributed by atoms with Crippen LogP contribution in [0.2, 0.25) is 0 Å². The van der Waals surface area contributed by atoms with Gasteiger partial charge in [-0.05, 0) is 32.8 Å². The molecule has 200 valence electrons. The number of methoxy groups -OCH3 is 2. The highest BCUT2D eigenvalue weighted by molar-refractivity contribution is 7.94. The second kappa shape index (κ2) is 11.4. The van der Waals surface area contributed by atoms with Gasteiger partial charge in [0.05, 0.1) is 39.0 Å². The summed E-state index contributed by atoms with van der Waals surface area (Å²) >= 11 is 0.850. The van der Waals surface area contributed by atoms with E-state index in [0.29, 0.717) is 5.52 Å². The van der Waals surface area contributed by atoms with Crippen LogP contribution in [-0.2, 0) is 23.2 Å². The molecule has 1 unspecified atom stereocenters. The van der Waals surface area contributed by atoms with Gasteiger partial charge >= 0.3 is 12.1 Å². The maximum Gasteiger partial charge on any atom is 0.407 e. The number of rotatable bonds is 10. The molecule has 1 aliphatic heterocycles. The molecular weight excluding hydrogens is 500 g/mol. The van der Waals surface area contributed by atoms with Crippen molar-refractivity contribution >= 4 is 41.2 Å². The van der Waals surface area contributed by atoms with Crippen molar-refractivity contribution in [3.05, 3.63) is 6.33 Å². The molecule has 2 aromatic heterocycles. The zero-order valence-corrected chi connectivity index (χ0v) is 21.2. The number of carbonyl (C=O) groups excluding carboxylic acids is 2. The van der Waals surface area contributed by atoms with Crippen LogP contribution >= 0.6 is 12.0 Å². The molecule has 0 bridgehead atoms. The molecule has 0 aromatic carbocycles. The van der Waals surface area contributed by atoms with Crippen LogP contribution < -0.4 is 15.8 Å². The molecule has 15 nitrogen and oxygen atoms in total.